The van der Waals surface area contributed by atoms with Gasteiger partial charge in [-0.2, -0.15) is 0 Å². The lowest BCUT2D eigenvalue weighted by Gasteiger charge is -1.98. The number of rotatable bonds is 2. The molecule has 0 aliphatic rings. The molecule has 1 heterocycles. The van der Waals surface area contributed by atoms with Crippen molar-refractivity contribution in [1.29, 1.82) is 0 Å². The Labute approximate surface area is 70.5 Å². The molecule has 0 radical (unpaired) electrons. The van der Waals surface area contributed by atoms with Gasteiger partial charge in [0.2, 0.25) is 0 Å². The molecule has 3 nitrogen and oxygen atoms in total. The molecule has 0 bridgehead atoms. The molecule has 0 amide bonds. The summed E-state index contributed by atoms with van der Waals surface area (Å²) in [7, 11) is 0. The summed E-state index contributed by atoms with van der Waals surface area (Å²) in [4.78, 5) is 3.14. The Balaban J connectivity index is 2.46. The van der Waals surface area contributed by atoms with Crippen molar-refractivity contribution in [3.05, 3.63) is 36.0 Å². The van der Waals surface area contributed by atoms with Gasteiger partial charge in [0.05, 0.1) is 0 Å². The van der Waals surface area contributed by atoms with Crippen LogP contribution in [0.3, 0.4) is 0 Å². The molecule has 4 N–H and O–H groups in total. The Hall–Kier alpha value is -1.32. The van der Waals surface area contributed by atoms with Gasteiger partial charge in [0.1, 0.15) is 0 Å². The van der Waals surface area contributed by atoms with Crippen LogP contribution in [0.2, 0.25) is 0 Å². The van der Waals surface area contributed by atoms with Crippen molar-refractivity contribution in [2.24, 2.45) is 5.84 Å². The van der Waals surface area contributed by atoms with E-state index in [0.717, 1.165) is 5.52 Å². The molecule has 12 heavy (non-hydrogen) atoms. The molecule has 1 aromatic heterocycles. The quantitative estimate of drug-likeness (QED) is 0.457. The molecule has 3 heteroatoms. The van der Waals surface area contributed by atoms with Gasteiger partial charge in [-0.05, 0) is 29.1 Å². The molecule has 0 fully saturated rings. The minimum atomic E-state index is 0.709. The van der Waals surface area contributed by atoms with E-state index in [0.29, 0.717) is 6.54 Å². The molecule has 0 atom stereocenters. The Morgan fingerprint density at radius 2 is 2.25 bits per heavy atom. The third kappa shape index (κ3) is 1.20. The molecule has 2 rings (SSSR count). The van der Waals surface area contributed by atoms with E-state index in [2.05, 4.69) is 34.7 Å². The van der Waals surface area contributed by atoms with Crippen LogP contribution in [0.25, 0.3) is 10.9 Å². The van der Waals surface area contributed by atoms with Crippen molar-refractivity contribution in [3.63, 3.8) is 0 Å². The van der Waals surface area contributed by atoms with Crippen LogP contribution in [0.1, 0.15) is 5.56 Å². The zero-order chi connectivity index (χ0) is 8.39. The van der Waals surface area contributed by atoms with Crippen molar-refractivity contribution in [2.45, 2.75) is 6.54 Å². The maximum Gasteiger partial charge on any atom is 0.0454 e. The van der Waals surface area contributed by atoms with Crippen LogP contribution in [-0.2, 0) is 6.54 Å². The van der Waals surface area contributed by atoms with Gasteiger partial charge in [0.25, 0.3) is 0 Å². The number of H-pyrrole nitrogens is 1. The number of nitrogens with one attached hydrogen (secondary N) is 2. The van der Waals surface area contributed by atoms with Gasteiger partial charge in [0, 0.05) is 18.3 Å². The Bertz CT molecular complexity index is 378. The van der Waals surface area contributed by atoms with Gasteiger partial charge in [-0.3, -0.25) is 11.3 Å². The second-order valence-electron chi connectivity index (χ2n) is 2.78. The molecular formula is C9H11N3. The van der Waals surface area contributed by atoms with Gasteiger partial charge < -0.3 is 4.98 Å². The van der Waals surface area contributed by atoms with Crippen LogP contribution in [0.4, 0.5) is 0 Å². The fourth-order valence-corrected chi connectivity index (χ4v) is 1.33. The van der Waals surface area contributed by atoms with Crippen LogP contribution in [-0.4, -0.2) is 4.98 Å². The average Bonchev–Trinajstić information content (AvgIpc) is 2.51. The minimum Gasteiger partial charge on any atom is -0.361 e. The number of aromatic amines is 1. The highest BCUT2D eigenvalue weighted by Crippen LogP contribution is 2.13. The van der Waals surface area contributed by atoms with E-state index in [-0.39, 0.29) is 0 Å². The first-order valence-corrected chi connectivity index (χ1v) is 3.89. The molecule has 0 aliphatic heterocycles. The van der Waals surface area contributed by atoms with E-state index in [1.54, 1.807) is 0 Å². The lowest BCUT2D eigenvalue weighted by Crippen LogP contribution is -2.20. The van der Waals surface area contributed by atoms with E-state index in [4.69, 9.17) is 5.84 Å². The maximum absolute atomic E-state index is 5.22. The standard InChI is InChI=1S/C9H11N3/c10-12-6-7-1-2-9-8(5-7)3-4-11-9/h1-5,11-12H,6,10H2. The molecule has 1 aromatic carbocycles. The SMILES string of the molecule is NNCc1ccc2[nH]ccc2c1. The topological polar surface area (TPSA) is 53.8 Å². The number of fused-ring (bicyclic) bond motifs is 1. The smallest absolute Gasteiger partial charge is 0.0454 e. The van der Waals surface area contributed by atoms with Gasteiger partial charge in [-0.1, -0.05) is 6.07 Å². The fraction of sp³-hybridized carbons (Fsp3) is 0.111. The number of aromatic nitrogens is 1. The van der Waals surface area contributed by atoms with Gasteiger partial charge in [-0.15, -0.1) is 0 Å². The Morgan fingerprint density at radius 1 is 1.33 bits per heavy atom. The summed E-state index contributed by atoms with van der Waals surface area (Å²) in [5.41, 5.74) is 4.99. The number of nitrogens with two attached hydrogens (primary N) is 1. The van der Waals surface area contributed by atoms with Crippen LogP contribution >= 0.6 is 0 Å². The molecule has 0 saturated carbocycles. The lowest BCUT2D eigenvalue weighted by atomic mass is 10.1. The largest absolute Gasteiger partial charge is 0.361 e. The van der Waals surface area contributed by atoms with Gasteiger partial charge in [0.15, 0.2) is 0 Å². The zero-order valence-electron chi connectivity index (χ0n) is 6.67. The highest BCUT2D eigenvalue weighted by atomic mass is 15.2. The predicted octanol–water partition coefficient (Wildman–Crippen LogP) is 1.13. The number of hydrogen-bond acceptors (Lipinski definition) is 2. The van der Waals surface area contributed by atoms with Crippen molar-refractivity contribution < 1.29 is 0 Å². The molecule has 0 aliphatic carbocycles. The minimum absolute atomic E-state index is 0.709. The summed E-state index contributed by atoms with van der Waals surface area (Å²) in [6, 6.07) is 8.28. The monoisotopic (exact) mass is 161 g/mol. The average molecular weight is 161 g/mol. The molecule has 0 saturated heterocycles. The summed E-state index contributed by atoms with van der Waals surface area (Å²) in [5, 5.41) is 1.22. The first-order valence-electron chi connectivity index (χ1n) is 3.89. The van der Waals surface area contributed by atoms with Gasteiger partial charge in [-0.25, -0.2) is 0 Å². The Kier molecular flexibility index (Phi) is 1.81. The normalized spacial score (nSPS) is 10.8. The van der Waals surface area contributed by atoms with E-state index in [9.17, 15) is 0 Å². The molecule has 0 unspecified atom stereocenters. The second kappa shape index (κ2) is 2.97. The van der Waals surface area contributed by atoms with Crippen molar-refractivity contribution in [1.82, 2.24) is 10.4 Å². The molecule has 2 aromatic rings. The Morgan fingerprint density at radius 3 is 3.08 bits per heavy atom. The van der Waals surface area contributed by atoms with Crippen LogP contribution in [0.5, 0.6) is 0 Å². The first kappa shape index (κ1) is 7.34. The van der Waals surface area contributed by atoms with E-state index >= 15 is 0 Å². The molecular weight excluding hydrogens is 150 g/mol. The summed E-state index contributed by atoms with van der Waals surface area (Å²) in [6.07, 6.45) is 1.93. The maximum atomic E-state index is 5.22. The third-order valence-electron chi connectivity index (χ3n) is 1.92. The van der Waals surface area contributed by atoms with Crippen LogP contribution < -0.4 is 11.3 Å². The van der Waals surface area contributed by atoms with Crippen LogP contribution in [0.15, 0.2) is 30.5 Å². The summed E-state index contributed by atoms with van der Waals surface area (Å²) < 4.78 is 0. The number of hydrazine groups is 1. The highest BCUT2D eigenvalue weighted by molar-refractivity contribution is 5.79. The number of benzene rings is 1. The second-order valence-corrected chi connectivity index (χ2v) is 2.78. The number of hydrogen-bond donors (Lipinski definition) is 3. The summed E-state index contributed by atoms with van der Waals surface area (Å²) >= 11 is 0. The van der Waals surface area contributed by atoms with E-state index < -0.39 is 0 Å². The molecule has 0 spiro atoms. The van der Waals surface area contributed by atoms with Crippen molar-refractivity contribution >= 4 is 10.9 Å². The van der Waals surface area contributed by atoms with E-state index in [1.807, 2.05) is 6.20 Å². The first-order chi connectivity index (χ1) is 5.90. The van der Waals surface area contributed by atoms with Crippen molar-refractivity contribution in [2.75, 3.05) is 0 Å². The lowest BCUT2D eigenvalue weighted by molar-refractivity contribution is 0.742. The third-order valence-corrected chi connectivity index (χ3v) is 1.92. The fourth-order valence-electron chi connectivity index (χ4n) is 1.33. The van der Waals surface area contributed by atoms with Gasteiger partial charge >= 0.3 is 0 Å². The molecule has 62 valence electrons. The zero-order valence-corrected chi connectivity index (χ0v) is 6.67. The van der Waals surface area contributed by atoms with Crippen LogP contribution in [0, 0.1) is 0 Å². The highest BCUT2D eigenvalue weighted by Gasteiger charge is 1.95. The summed E-state index contributed by atoms with van der Waals surface area (Å²) in [6.45, 7) is 0.709. The van der Waals surface area contributed by atoms with Crippen molar-refractivity contribution in [3.8, 4) is 0 Å². The predicted molar refractivity (Wildman–Crippen MR) is 49.3 cm³/mol. The van der Waals surface area contributed by atoms with E-state index in [1.165, 1.54) is 10.9 Å². The summed E-state index contributed by atoms with van der Waals surface area (Å²) in [5.74, 6) is 5.22.